The number of nitrogens with one attached hydrogen (secondary N) is 1. The molecule has 0 aliphatic carbocycles. The van der Waals surface area contributed by atoms with E-state index in [9.17, 15) is 9.59 Å². The van der Waals surface area contributed by atoms with E-state index in [1.165, 1.54) is 6.92 Å². The van der Waals surface area contributed by atoms with Gasteiger partial charge in [-0.3, -0.25) is 9.59 Å². The van der Waals surface area contributed by atoms with E-state index in [-0.39, 0.29) is 18.2 Å². The lowest BCUT2D eigenvalue weighted by Crippen LogP contribution is -2.31. The van der Waals surface area contributed by atoms with E-state index in [0.717, 1.165) is 6.42 Å². The minimum absolute atomic E-state index is 0.0101. The van der Waals surface area contributed by atoms with Crippen molar-refractivity contribution in [3.8, 4) is 0 Å². The summed E-state index contributed by atoms with van der Waals surface area (Å²) in [5.74, 6) is -0.160. The van der Waals surface area contributed by atoms with Crippen molar-refractivity contribution in [3.05, 3.63) is 17.9 Å². The van der Waals surface area contributed by atoms with Gasteiger partial charge in [-0.15, -0.1) is 5.73 Å². The summed E-state index contributed by atoms with van der Waals surface area (Å²) < 4.78 is 0. The molecule has 0 unspecified atom stereocenters. The SMILES string of the molecule is CCC=C=CCC(=O)[C@@H](S)CNC(C)=O. The summed E-state index contributed by atoms with van der Waals surface area (Å²) in [6.45, 7) is 3.69. The molecule has 15 heavy (non-hydrogen) atoms. The second-order valence-corrected chi connectivity index (χ2v) is 3.73. The van der Waals surface area contributed by atoms with Gasteiger partial charge in [0.05, 0.1) is 5.25 Å². The lowest BCUT2D eigenvalue weighted by Gasteiger charge is -2.07. The first-order valence-electron chi connectivity index (χ1n) is 4.92. The van der Waals surface area contributed by atoms with Crippen LogP contribution in [0.15, 0.2) is 17.9 Å². The molecule has 84 valence electrons. The first-order valence-corrected chi connectivity index (χ1v) is 5.44. The first-order chi connectivity index (χ1) is 7.07. The number of ketones is 1. The van der Waals surface area contributed by atoms with E-state index < -0.39 is 5.25 Å². The molecule has 3 nitrogen and oxygen atoms in total. The summed E-state index contributed by atoms with van der Waals surface area (Å²) in [5.41, 5.74) is 2.89. The van der Waals surface area contributed by atoms with Gasteiger partial charge in [-0.2, -0.15) is 12.6 Å². The van der Waals surface area contributed by atoms with Crippen LogP contribution in [0.2, 0.25) is 0 Å². The van der Waals surface area contributed by atoms with Crippen molar-refractivity contribution in [1.29, 1.82) is 0 Å². The van der Waals surface area contributed by atoms with Crippen LogP contribution in [-0.2, 0) is 9.59 Å². The van der Waals surface area contributed by atoms with Crippen LogP contribution in [0, 0.1) is 0 Å². The average molecular weight is 227 g/mol. The van der Waals surface area contributed by atoms with Gasteiger partial charge in [0.2, 0.25) is 5.91 Å². The molecule has 0 rings (SSSR count). The summed E-state index contributed by atoms with van der Waals surface area (Å²) in [6, 6.07) is 0. The van der Waals surface area contributed by atoms with E-state index in [1.54, 1.807) is 6.08 Å². The third-order valence-electron chi connectivity index (χ3n) is 1.66. The zero-order chi connectivity index (χ0) is 11.7. The van der Waals surface area contributed by atoms with Crippen molar-refractivity contribution < 1.29 is 9.59 Å². The van der Waals surface area contributed by atoms with Gasteiger partial charge >= 0.3 is 0 Å². The van der Waals surface area contributed by atoms with E-state index in [1.807, 2.05) is 13.0 Å². The monoisotopic (exact) mass is 227 g/mol. The largest absolute Gasteiger partial charge is 0.355 e. The average Bonchev–Trinajstić information content (AvgIpc) is 2.20. The Morgan fingerprint density at radius 2 is 2.13 bits per heavy atom. The highest BCUT2D eigenvalue weighted by molar-refractivity contribution is 7.81. The Morgan fingerprint density at radius 1 is 1.47 bits per heavy atom. The Labute approximate surface area is 96.0 Å². The number of carbonyl (C=O) groups excluding carboxylic acids is 2. The number of allylic oxidation sites excluding steroid dienone is 1. The highest BCUT2D eigenvalue weighted by Crippen LogP contribution is 1.99. The molecule has 0 aliphatic rings. The predicted molar refractivity (Wildman–Crippen MR) is 64.0 cm³/mol. The smallest absolute Gasteiger partial charge is 0.216 e. The lowest BCUT2D eigenvalue weighted by atomic mass is 10.2. The lowest BCUT2D eigenvalue weighted by molar-refractivity contribution is -0.119. The van der Waals surface area contributed by atoms with Crippen LogP contribution >= 0.6 is 12.6 Å². The van der Waals surface area contributed by atoms with Gasteiger partial charge < -0.3 is 5.32 Å². The molecule has 1 N–H and O–H groups in total. The predicted octanol–water partition coefficient (Wildman–Crippen LogP) is 1.50. The van der Waals surface area contributed by atoms with Crippen molar-refractivity contribution in [2.24, 2.45) is 0 Å². The molecular weight excluding hydrogens is 210 g/mol. The standard InChI is InChI=1S/C11H17NO2S/c1-3-4-5-6-7-10(14)11(15)8-12-9(2)13/h4,6,11,15H,3,7-8H2,1-2H3,(H,12,13)/t5?,11-/m0/s1. The molecule has 0 aromatic rings. The molecule has 0 saturated heterocycles. The molecule has 4 heteroatoms. The van der Waals surface area contributed by atoms with Gasteiger partial charge in [0.25, 0.3) is 0 Å². The van der Waals surface area contributed by atoms with Crippen LogP contribution in [0.4, 0.5) is 0 Å². The zero-order valence-electron chi connectivity index (χ0n) is 9.12. The molecule has 0 heterocycles. The maximum Gasteiger partial charge on any atom is 0.216 e. The fourth-order valence-electron chi connectivity index (χ4n) is 0.851. The maximum absolute atomic E-state index is 11.4. The van der Waals surface area contributed by atoms with Gasteiger partial charge in [0, 0.05) is 19.9 Å². The molecule has 0 aromatic heterocycles. The molecule has 1 atom stereocenters. The minimum Gasteiger partial charge on any atom is -0.355 e. The van der Waals surface area contributed by atoms with Gasteiger partial charge in [0.15, 0.2) is 5.78 Å². The number of hydrogen-bond donors (Lipinski definition) is 2. The zero-order valence-corrected chi connectivity index (χ0v) is 10.0. The highest BCUT2D eigenvalue weighted by Gasteiger charge is 2.11. The van der Waals surface area contributed by atoms with Crippen LogP contribution in [0.5, 0.6) is 0 Å². The van der Waals surface area contributed by atoms with Gasteiger partial charge in [-0.05, 0) is 18.6 Å². The number of amides is 1. The fraction of sp³-hybridized carbons (Fsp3) is 0.545. The molecule has 1 amide bonds. The quantitative estimate of drug-likeness (QED) is 0.533. The van der Waals surface area contributed by atoms with Gasteiger partial charge in [0.1, 0.15) is 0 Å². The summed E-state index contributed by atoms with van der Waals surface area (Å²) >= 11 is 4.10. The van der Waals surface area contributed by atoms with Crippen molar-refractivity contribution in [1.82, 2.24) is 5.32 Å². The van der Waals surface area contributed by atoms with Crippen LogP contribution in [0.25, 0.3) is 0 Å². The van der Waals surface area contributed by atoms with E-state index in [2.05, 4.69) is 23.7 Å². The van der Waals surface area contributed by atoms with Crippen LogP contribution in [0.3, 0.4) is 0 Å². The molecule has 0 bridgehead atoms. The Hall–Kier alpha value is -0.990. The number of hydrogen-bond acceptors (Lipinski definition) is 3. The summed E-state index contributed by atoms with van der Waals surface area (Å²) in [6.07, 6.45) is 4.75. The molecule has 0 spiro atoms. The Balaban J connectivity index is 3.89. The molecule has 0 aromatic carbocycles. The third kappa shape index (κ3) is 8.03. The topological polar surface area (TPSA) is 46.2 Å². The summed E-state index contributed by atoms with van der Waals surface area (Å²) in [7, 11) is 0. The summed E-state index contributed by atoms with van der Waals surface area (Å²) in [4.78, 5) is 22.0. The molecule has 0 aliphatic heterocycles. The van der Waals surface area contributed by atoms with Crippen molar-refractivity contribution >= 4 is 24.3 Å². The Kier molecular flexibility index (Phi) is 7.78. The molecule has 0 saturated carbocycles. The first kappa shape index (κ1) is 14.0. The van der Waals surface area contributed by atoms with Gasteiger partial charge in [-0.1, -0.05) is 6.92 Å². The van der Waals surface area contributed by atoms with Crippen LogP contribution in [0.1, 0.15) is 26.7 Å². The van der Waals surface area contributed by atoms with Crippen molar-refractivity contribution in [2.45, 2.75) is 31.9 Å². The maximum atomic E-state index is 11.4. The number of Topliss-reactive ketones (excluding diaryl/α,β-unsaturated/α-hetero) is 1. The third-order valence-corrected chi connectivity index (χ3v) is 2.13. The van der Waals surface area contributed by atoms with E-state index in [0.29, 0.717) is 6.42 Å². The van der Waals surface area contributed by atoms with Gasteiger partial charge in [-0.25, -0.2) is 0 Å². The van der Waals surface area contributed by atoms with E-state index in [4.69, 9.17) is 0 Å². The van der Waals surface area contributed by atoms with Crippen molar-refractivity contribution in [2.75, 3.05) is 6.54 Å². The number of carbonyl (C=O) groups is 2. The molecule has 0 fully saturated rings. The molecule has 0 radical (unpaired) electrons. The Bertz CT molecular complexity index is 280. The number of thiol groups is 1. The second-order valence-electron chi connectivity index (χ2n) is 3.11. The van der Waals surface area contributed by atoms with Crippen LogP contribution in [-0.4, -0.2) is 23.5 Å². The normalized spacial score (nSPS) is 11.1. The summed E-state index contributed by atoms with van der Waals surface area (Å²) in [5, 5.41) is 2.11. The van der Waals surface area contributed by atoms with E-state index >= 15 is 0 Å². The minimum atomic E-state index is -0.437. The highest BCUT2D eigenvalue weighted by atomic mass is 32.1. The second kappa shape index (κ2) is 8.33. The Morgan fingerprint density at radius 3 is 2.67 bits per heavy atom. The molecular formula is C11H17NO2S. The van der Waals surface area contributed by atoms with Crippen molar-refractivity contribution in [3.63, 3.8) is 0 Å². The number of rotatable bonds is 6. The fourth-order valence-corrected chi connectivity index (χ4v) is 1.05. The van der Waals surface area contributed by atoms with Crippen LogP contribution < -0.4 is 5.32 Å².